The van der Waals surface area contributed by atoms with Crippen molar-refractivity contribution >= 4 is 23.2 Å². The summed E-state index contributed by atoms with van der Waals surface area (Å²) in [5.74, 6) is 0.0811. The first-order valence-electron chi connectivity index (χ1n) is 4.61. The van der Waals surface area contributed by atoms with E-state index in [1.165, 1.54) is 0 Å². The minimum Gasteiger partial charge on any atom is -0.368 e. The molecule has 4 nitrogen and oxygen atoms in total. The Bertz CT molecular complexity index is 226. The molecule has 0 saturated heterocycles. The van der Waals surface area contributed by atoms with Gasteiger partial charge < -0.3 is 16.4 Å². The second-order valence-corrected chi connectivity index (χ2v) is 4.63. The number of nitrogens with one attached hydrogen (secondary N) is 2. The summed E-state index contributed by atoms with van der Waals surface area (Å²) < 4.78 is 0. The van der Waals surface area contributed by atoms with Crippen LogP contribution in [0, 0.1) is 5.92 Å². The van der Waals surface area contributed by atoms with E-state index < -0.39 is 11.4 Å². The van der Waals surface area contributed by atoms with Crippen molar-refractivity contribution in [2.75, 3.05) is 6.54 Å². The highest BCUT2D eigenvalue weighted by molar-refractivity contribution is 7.80. The van der Waals surface area contributed by atoms with E-state index in [1.54, 1.807) is 13.8 Å². The lowest BCUT2D eigenvalue weighted by atomic mass is 10.1. The molecule has 0 unspecified atom stereocenters. The van der Waals surface area contributed by atoms with Crippen molar-refractivity contribution in [2.45, 2.75) is 33.2 Å². The van der Waals surface area contributed by atoms with Crippen LogP contribution in [0.5, 0.6) is 0 Å². The van der Waals surface area contributed by atoms with Crippen molar-refractivity contribution in [1.29, 1.82) is 0 Å². The Morgan fingerprint density at radius 2 is 2.00 bits per heavy atom. The summed E-state index contributed by atoms with van der Waals surface area (Å²) in [6.07, 6.45) is 0. The molecule has 0 radical (unpaired) electrons. The van der Waals surface area contributed by atoms with Gasteiger partial charge in [-0.15, -0.1) is 0 Å². The number of rotatable bonds is 4. The van der Waals surface area contributed by atoms with Crippen molar-refractivity contribution in [1.82, 2.24) is 10.6 Å². The van der Waals surface area contributed by atoms with Gasteiger partial charge in [-0.3, -0.25) is 4.79 Å². The van der Waals surface area contributed by atoms with Crippen LogP contribution in [-0.4, -0.2) is 23.1 Å². The Hall–Kier alpha value is -0.840. The third kappa shape index (κ3) is 5.01. The molecule has 0 heterocycles. The van der Waals surface area contributed by atoms with Gasteiger partial charge in [0.2, 0.25) is 5.91 Å². The van der Waals surface area contributed by atoms with Crippen LogP contribution in [0.4, 0.5) is 0 Å². The largest absolute Gasteiger partial charge is 0.368 e. The van der Waals surface area contributed by atoms with Gasteiger partial charge in [0.05, 0.1) is 0 Å². The van der Waals surface area contributed by atoms with Crippen LogP contribution in [0.2, 0.25) is 0 Å². The van der Waals surface area contributed by atoms with Gasteiger partial charge in [-0.25, -0.2) is 0 Å². The minimum absolute atomic E-state index is 0.425. The van der Waals surface area contributed by atoms with Gasteiger partial charge in [0.15, 0.2) is 5.11 Å². The normalized spacial score (nSPS) is 11.2. The fourth-order valence-corrected chi connectivity index (χ4v) is 1.02. The molecular formula is C9H19N3OS. The fourth-order valence-electron chi connectivity index (χ4n) is 0.686. The average molecular weight is 217 g/mol. The van der Waals surface area contributed by atoms with Gasteiger partial charge >= 0.3 is 0 Å². The molecule has 5 heteroatoms. The van der Waals surface area contributed by atoms with Crippen molar-refractivity contribution in [3.05, 3.63) is 0 Å². The Morgan fingerprint density at radius 1 is 1.50 bits per heavy atom. The Kier molecular flexibility index (Phi) is 4.83. The average Bonchev–Trinajstić information content (AvgIpc) is 1.99. The quantitative estimate of drug-likeness (QED) is 0.595. The van der Waals surface area contributed by atoms with E-state index >= 15 is 0 Å². The molecule has 0 bridgehead atoms. The Labute approximate surface area is 90.6 Å². The first kappa shape index (κ1) is 13.2. The number of thiocarbonyl (C=S) groups is 1. The molecule has 82 valence electrons. The van der Waals surface area contributed by atoms with Crippen molar-refractivity contribution < 1.29 is 4.79 Å². The molecule has 0 aromatic carbocycles. The molecule has 0 aliphatic heterocycles. The number of primary amides is 1. The van der Waals surface area contributed by atoms with Gasteiger partial charge in [-0.2, -0.15) is 0 Å². The van der Waals surface area contributed by atoms with Gasteiger partial charge in [-0.1, -0.05) is 13.8 Å². The molecule has 14 heavy (non-hydrogen) atoms. The third-order valence-corrected chi connectivity index (χ3v) is 1.96. The summed E-state index contributed by atoms with van der Waals surface area (Å²) in [6, 6.07) is 0. The van der Waals surface area contributed by atoms with E-state index in [9.17, 15) is 4.79 Å². The van der Waals surface area contributed by atoms with E-state index in [0.717, 1.165) is 6.54 Å². The maximum atomic E-state index is 11.0. The van der Waals surface area contributed by atoms with Gasteiger partial charge in [0.1, 0.15) is 5.54 Å². The molecule has 0 aromatic heterocycles. The first-order valence-corrected chi connectivity index (χ1v) is 5.02. The molecule has 0 atom stereocenters. The Morgan fingerprint density at radius 3 is 2.36 bits per heavy atom. The van der Waals surface area contributed by atoms with Gasteiger partial charge in [0.25, 0.3) is 0 Å². The zero-order chi connectivity index (χ0) is 11.4. The minimum atomic E-state index is -0.805. The lowest BCUT2D eigenvalue weighted by Crippen LogP contribution is -2.55. The zero-order valence-corrected chi connectivity index (χ0v) is 9.99. The summed E-state index contributed by atoms with van der Waals surface area (Å²) in [4.78, 5) is 11.0. The predicted octanol–water partition coefficient (Wildman–Crippen LogP) is 0.370. The molecule has 0 fully saturated rings. The highest BCUT2D eigenvalue weighted by Crippen LogP contribution is 1.99. The van der Waals surface area contributed by atoms with Crippen molar-refractivity contribution in [3.63, 3.8) is 0 Å². The predicted molar refractivity (Wildman–Crippen MR) is 61.8 cm³/mol. The number of hydrogen-bond acceptors (Lipinski definition) is 2. The second kappa shape index (κ2) is 5.14. The second-order valence-electron chi connectivity index (χ2n) is 4.22. The monoisotopic (exact) mass is 217 g/mol. The van der Waals surface area contributed by atoms with Gasteiger partial charge in [-0.05, 0) is 32.0 Å². The highest BCUT2D eigenvalue weighted by Gasteiger charge is 2.25. The smallest absolute Gasteiger partial charge is 0.242 e. The third-order valence-electron chi connectivity index (χ3n) is 1.71. The molecule has 0 saturated carbocycles. The number of nitrogens with two attached hydrogens (primary N) is 1. The zero-order valence-electron chi connectivity index (χ0n) is 9.18. The highest BCUT2D eigenvalue weighted by atomic mass is 32.1. The summed E-state index contributed by atoms with van der Waals surface area (Å²) in [5.41, 5.74) is 4.38. The van der Waals surface area contributed by atoms with E-state index in [1.807, 2.05) is 0 Å². The summed E-state index contributed by atoms with van der Waals surface area (Å²) >= 11 is 5.01. The van der Waals surface area contributed by atoms with Gasteiger partial charge in [0, 0.05) is 6.54 Å². The SMILES string of the molecule is CC(C)CNC(=S)NC(C)(C)C(N)=O. The fraction of sp³-hybridized carbons (Fsp3) is 0.778. The molecule has 0 spiro atoms. The number of amides is 1. The first-order chi connectivity index (χ1) is 6.25. The van der Waals surface area contributed by atoms with Crippen molar-refractivity contribution in [2.24, 2.45) is 11.7 Å². The number of carbonyl (C=O) groups is 1. The van der Waals surface area contributed by atoms with E-state index in [2.05, 4.69) is 24.5 Å². The maximum absolute atomic E-state index is 11.0. The summed E-state index contributed by atoms with van der Waals surface area (Å²) in [5, 5.41) is 6.32. The Balaban J connectivity index is 4.00. The lowest BCUT2D eigenvalue weighted by molar-refractivity contribution is -0.122. The summed E-state index contributed by atoms with van der Waals surface area (Å²) in [7, 11) is 0. The molecular weight excluding hydrogens is 198 g/mol. The van der Waals surface area contributed by atoms with Crippen LogP contribution in [0.3, 0.4) is 0 Å². The van der Waals surface area contributed by atoms with Crippen LogP contribution in [0.15, 0.2) is 0 Å². The molecule has 0 aliphatic carbocycles. The topological polar surface area (TPSA) is 67.2 Å². The van der Waals surface area contributed by atoms with Crippen LogP contribution in [0.1, 0.15) is 27.7 Å². The van der Waals surface area contributed by atoms with Crippen molar-refractivity contribution in [3.8, 4) is 0 Å². The van der Waals surface area contributed by atoms with E-state index in [-0.39, 0.29) is 0 Å². The molecule has 0 aromatic rings. The summed E-state index contributed by atoms with van der Waals surface area (Å²) in [6.45, 7) is 8.32. The van der Waals surface area contributed by atoms with Crippen LogP contribution >= 0.6 is 12.2 Å². The van der Waals surface area contributed by atoms with Crippen LogP contribution in [-0.2, 0) is 4.79 Å². The maximum Gasteiger partial charge on any atom is 0.242 e. The standard InChI is InChI=1S/C9H19N3OS/c1-6(2)5-11-8(14)12-9(3,4)7(10)13/h6H,5H2,1-4H3,(H2,10,13)(H2,11,12,14). The molecule has 0 aliphatic rings. The lowest BCUT2D eigenvalue weighted by Gasteiger charge is -2.24. The van der Waals surface area contributed by atoms with Crippen LogP contribution < -0.4 is 16.4 Å². The number of carbonyl (C=O) groups excluding carboxylic acids is 1. The van der Waals surface area contributed by atoms with E-state index in [0.29, 0.717) is 11.0 Å². The number of hydrogen-bond donors (Lipinski definition) is 3. The molecule has 0 rings (SSSR count). The molecule has 1 amide bonds. The van der Waals surface area contributed by atoms with Crippen LogP contribution in [0.25, 0.3) is 0 Å². The van der Waals surface area contributed by atoms with E-state index in [4.69, 9.17) is 18.0 Å². The molecule has 4 N–H and O–H groups in total.